The van der Waals surface area contributed by atoms with Crippen LogP contribution in [0.1, 0.15) is 29.6 Å². The Morgan fingerprint density at radius 2 is 2.05 bits per heavy atom. The molecule has 5 nitrogen and oxygen atoms in total. The van der Waals surface area contributed by atoms with Crippen LogP contribution in [0, 0.1) is 0 Å². The van der Waals surface area contributed by atoms with Crippen molar-refractivity contribution in [2.45, 2.75) is 19.3 Å². The first-order chi connectivity index (χ1) is 9.56. The topological polar surface area (TPSA) is 67.6 Å². The normalized spacial score (nSPS) is 10.3. The molecule has 0 bridgehead atoms. The third-order valence-corrected chi connectivity index (χ3v) is 3.02. The smallest absolute Gasteiger partial charge is 0.255 e. The van der Waals surface area contributed by atoms with E-state index in [9.17, 15) is 4.79 Å². The summed E-state index contributed by atoms with van der Waals surface area (Å²) >= 11 is 0. The minimum Gasteiger partial charge on any atom is -0.399 e. The number of amides is 1. The summed E-state index contributed by atoms with van der Waals surface area (Å²) in [5, 5.41) is 3.30. The van der Waals surface area contributed by atoms with Crippen molar-refractivity contribution in [1.82, 2.24) is 4.90 Å². The van der Waals surface area contributed by atoms with Crippen LogP contribution < -0.4 is 11.1 Å². The van der Waals surface area contributed by atoms with E-state index in [1.54, 1.807) is 38.2 Å². The first kappa shape index (κ1) is 16.3. The average molecular weight is 279 g/mol. The summed E-state index contributed by atoms with van der Waals surface area (Å²) in [7, 11) is 5.20. The van der Waals surface area contributed by atoms with E-state index in [1.807, 2.05) is 6.07 Å². The number of ether oxygens (including phenoxy) is 1. The van der Waals surface area contributed by atoms with E-state index in [-0.39, 0.29) is 5.91 Å². The number of methoxy groups -OCH3 is 1. The molecular formula is C15H25N3O2. The zero-order valence-electron chi connectivity index (χ0n) is 12.6. The van der Waals surface area contributed by atoms with E-state index in [2.05, 4.69) is 5.32 Å². The summed E-state index contributed by atoms with van der Waals surface area (Å²) in [5.41, 5.74) is 7.90. The van der Waals surface area contributed by atoms with E-state index >= 15 is 0 Å². The molecule has 20 heavy (non-hydrogen) atoms. The molecule has 1 rings (SSSR count). The van der Waals surface area contributed by atoms with Crippen LogP contribution in [-0.4, -0.2) is 45.2 Å². The molecule has 1 aromatic carbocycles. The molecule has 0 aliphatic carbocycles. The standard InChI is InChI=1S/C15H25N3O2/c1-18(2)15(19)13-8-7-12(16)11-14(13)17-9-5-4-6-10-20-3/h7-8,11,17H,4-6,9-10,16H2,1-3H3. The van der Waals surface area contributed by atoms with Crippen LogP contribution in [0.2, 0.25) is 0 Å². The number of hydrogen-bond acceptors (Lipinski definition) is 4. The Morgan fingerprint density at radius 3 is 2.70 bits per heavy atom. The molecule has 0 radical (unpaired) electrons. The molecule has 0 spiro atoms. The molecule has 0 saturated carbocycles. The van der Waals surface area contributed by atoms with Gasteiger partial charge in [-0.25, -0.2) is 0 Å². The maximum absolute atomic E-state index is 12.1. The molecule has 0 saturated heterocycles. The molecule has 1 amide bonds. The SMILES string of the molecule is COCCCCCNc1cc(N)ccc1C(=O)N(C)C. The molecule has 112 valence electrons. The average Bonchev–Trinajstić information content (AvgIpc) is 2.42. The molecule has 3 N–H and O–H groups in total. The molecule has 0 aliphatic heterocycles. The highest BCUT2D eigenvalue weighted by Gasteiger charge is 2.13. The molecule has 0 aliphatic rings. The molecule has 0 unspecified atom stereocenters. The van der Waals surface area contributed by atoms with Crippen molar-refractivity contribution in [2.24, 2.45) is 0 Å². The fourth-order valence-electron chi connectivity index (χ4n) is 1.91. The number of nitrogens with one attached hydrogen (secondary N) is 1. The number of carbonyl (C=O) groups excluding carboxylic acids is 1. The monoisotopic (exact) mass is 279 g/mol. The van der Waals surface area contributed by atoms with Crippen LogP contribution in [0.15, 0.2) is 18.2 Å². The summed E-state index contributed by atoms with van der Waals surface area (Å²) in [4.78, 5) is 13.6. The lowest BCUT2D eigenvalue weighted by Gasteiger charge is -2.16. The lowest BCUT2D eigenvalue weighted by molar-refractivity contribution is 0.0828. The van der Waals surface area contributed by atoms with Gasteiger partial charge in [0.05, 0.1) is 5.56 Å². The van der Waals surface area contributed by atoms with Gasteiger partial charge in [-0.15, -0.1) is 0 Å². The summed E-state index contributed by atoms with van der Waals surface area (Å²) in [6.45, 7) is 1.61. The number of nitrogen functional groups attached to an aromatic ring is 1. The van der Waals surface area contributed by atoms with Gasteiger partial charge in [-0.1, -0.05) is 0 Å². The van der Waals surface area contributed by atoms with Crippen molar-refractivity contribution in [2.75, 3.05) is 45.4 Å². The summed E-state index contributed by atoms with van der Waals surface area (Å²) in [6.07, 6.45) is 3.19. The number of unbranched alkanes of at least 4 members (excludes halogenated alkanes) is 2. The van der Waals surface area contributed by atoms with Crippen LogP contribution >= 0.6 is 0 Å². The fourth-order valence-corrected chi connectivity index (χ4v) is 1.91. The van der Waals surface area contributed by atoms with Gasteiger partial charge in [-0.3, -0.25) is 4.79 Å². The fraction of sp³-hybridized carbons (Fsp3) is 0.533. The Hall–Kier alpha value is -1.75. The van der Waals surface area contributed by atoms with Crippen LogP contribution in [0.4, 0.5) is 11.4 Å². The number of benzene rings is 1. The second-order valence-electron chi connectivity index (χ2n) is 4.98. The highest BCUT2D eigenvalue weighted by Crippen LogP contribution is 2.20. The maximum Gasteiger partial charge on any atom is 0.255 e. The van der Waals surface area contributed by atoms with Gasteiger partial charge in [0, 0.05) is 45.7 Å². The third kappa shape index (κ3) is 5.09. The van der Waals surface area contributed by atoms with E-state index in [1.165, 1.54) is 0 Å². The van der Waals surface area contributed by atoms with Crippen LogP contribution in [0.25, 0.3) is 0 Å². The minimum atomic E-state index is -0.0214. The van der Waals surface area contributed by atoms with Crippen molar-refractivity contribution in [3.63, 3.8) is 0 Å². The van der Waals surface area contributed by atoms with Crippen molar-refractivity contribution >= 4 is 17.3 Å². The van der Waals surface area contributed by atoms with Crippen molar-refractivity contribution < 1.29 is 9.53 Å². The maximum atomic E-state index is 12.1. The Balaban J connectivity index is 2.59. The van der Waals surface area contributed by atoms with Gasteiger partial charge in [0.1, 0.15) is 0 Å². The first-order valence-corrected chi connectivity index (χ1v) is 6.90. The molecule has 1 aromatic rings. The lowest BCUT2D eigenvalue weighted by Crippen LogP contribution is -2.23. The van der Waals surface area contributed by atoms with Gasteiger partial charge in [0.2, 0.25) is 0 Å². The van der Waals surface area contributed by atoms with Crippen molar-refractivity contribution in [3.8, 4) is 0 Å². The van der Waals surface area contributed by atoms with Crippen molar-refractivity contribution in [1.29, 1.82) is 0 Å². The number of nitrogens with two attached hydrogens (primary N) is 1. The summed E-state index contributed by atoms with van der Waals surface area (Å²) < 4.78 is 5.01. The zero-order valence-corrected chi connectivity index (χ0v) is 12.6. The number of anilines is 2. The largest absolute Gasteiger partial charge is 0.399 e. The van der Waals surface area contributed by atoms with Gasteiger partial charge >= 0.3 is 0 Å². The second-order valence-corrected chi connectivity index (χ2v) is 4.98. The summed E-state index contributed by atoms with van der Waals surface area (Å²) in [6, 6.07) is 5.33. The van der Waals surface area contributed by atoms with Gasteiger partial charge in [-0.05, 0) is 37.5 Å². The van der Waals surface area contributed by atoms with Gasteiger partial charge in [0.25, 0.3) is 5.91 Å². The molecule has 0 heterocycles. The Labute approximate surface area is 121 Å². The summed E-state index contributed by atoms with van der Waals surface area (Å²) in [5.74, 6) is -0.0214. The number of hydrogen-bond donors (Lipinski definition) is 2. The van der Waals surface area contributed by atoms with Crippen molar-refractivity contribution in [3.05, 3.63) is 23.8 Å². The Morgan fingerprint density at radius 1 is 1.30 bits per heavy atom. The Kier molecular flexibility index (Phi) is 6.87. The van der Waals surface area contributed by atoms with E-state index < -0.39 is 0 Å². The zero-order chi connectivity index (χ0) is 15.0. The molecule has 0 aromatic heterocycles. The lowest BCUT2D eigenvalue weighted by atomic mass is 10.1. The molecule has 5 heteroatoms. The number of rotatable bonds is 8. The quantitative estimate of drug-likeness (QED) is 0.565. The van der Waals surface area contributed by atoms with Crippen LogP contribution in [0.3, 0.4) is 0 Å². The molecular weight excluding hydrogens is 254 g/mol. The molecule has 0 atom stereocenters. The predicted molar refractivity (Wildman–Crippen MR) is 83.1 cm³/mol. The molecule has 0 fully saturated rings. The highest BCUT2D eigenvalue weighted by atomic mass is 16.5. The van der Waals surface area contributed by atoms with E-state index in [0.717, 1.165) is 38.1 Å². The third-order valence-electron chi connectivity index (χ3n) is 3.02. The number of carbonyl (C=O) groups is 1. The van der Waals surface area contributed by atoms with E-state index in [4.69, 9.17) is 10.5 Å². The van der Waals surface area contributed by atoms with Gasteiger partial charge < -0.3 is 20.7 Å². The van der Waals surface area contributed by atoms with Crippen LogP contribution in [-0.2, 0) is 4.74 Å². The van der Waals surface area contributed by atoms with E-state index in [0.29, 0.717) is 11.3 Å². The van der Waals surface area contributed by atoms with Gasteiger partial charge in [0.15, 0.2) is 0 Å². The van der Waals surface area contributed by atoms with Gasteiger partial charge in [-0.2, -0.15) is 0 Å². The predicted octanol–water partition coefficient (Wildman–Crippen LogP) is 2.20. The van der Waals surface area contributed by atoms with Crippen LogP contribution in [0.5, 0.6) is 0 Å². The first-order valence-electron chi connectivity index (χ1n) is 6.90. The Bertz CT molecular complexity index is 433. The minimum absolute atomic E-state index is 0.0214. The highest BCUT2D eigenvalue weighted by molar-refractivity contribution is 5.99. The number of nitrogens with zero attached hydrogens (tertiary/aromatic N) is 1. The second kappa shape index (κ2) is 8.43.